The average molecular weight is 1760 g/mol. The van der Waals surface area contributed by atoms with Crippen LogP contribution in [0.3, 0.4) is 0 Å². The normalized spacial score (nSPS) is 19.8. The van der Waals surface area contributed by atoms with Crippen LogP contribution in [-0.4, -0.2) is 320 Å². The first kappa shape index (κ1) is 98.2. The molecule has 2 saturated heterocycles. The number of nitrogens with zero attached hydrogens (tertiary/aromatic N) is 3. The van der Waals surface area contributed by atoms with Gasteiger partial charge < -0.3 is 132 Å². The number of alkyl carbamates (subject to hydrolysis) is 1. The average Bonchev–Trinajstić information content (AvgIpc) is 1.57. The van der Waals surface area contributed by atoms with Crippen molar-refractivity contribution in [2.45, 2.75) is 158 Å². The van der Waals surface area contributed by atoms with E-state index in [4.69, 9.17) is 80.8 Å². The number of cyclic esters (lactones) is 1. The van der Waals surface area contributed by atoms with Crippen LogP contribution in [0, 0.1) is 12.7 Å². The largest absolute Gasteiger partial charge is 0.479 e. The molecule has 0 spiro atoms. The fraction of sp³-hybridized carbons (Fsp3) is 0.646. The van der Waals surface area contributed by atoms with Crippen LogP contribution < -0.4 is 36.9 Å². The molecule has 39 nitrogen and oxygen atoms in total. The second-order valence-electron chi connectivity index (χ2n) is 29.3. The molecule has 1 unspecified atom stereocenters. The van der Waals surface area contributed by atoms with E-state index in [1.165, 1.54) is 51.6 Å². The van der Waals surface area contributed by atoms with Crippen molar-refractivity contribution in [1.82, 2.24) is 41.0 Å². The lowest BCUT2D eigenvalue weighted by Crippen LogP contribution is -2.61. The summed E-state index contributed by atoms with van der Waals surface area (Å²) in [6.45, 7) is 10.4. The third-order valence-electron chi connectivity index (χ3n) is 20.9. The van der Waals surface area contributed by atoms with Gasteiger partial charge in [0.1, 0.15) is 49.1 Å². The number of carboxylic acids is 1. The van der Waals surface area contributed by atoms with Crippen LogP contribution in [0.15, 0.2) is 35.1 Å². The summed E-state index contributed by atoms with van der Waals surface area (Å²) in [6.07, 6.45) is -7.96. The highest BCUT2D eigenvalue weighted by molar-refractivity contribution is 8.00. The number of ether oxygens (including phenoxy) is 16. The van der Waals surface area contributed by atoms with E-state index in [2.05, 4.69) is 26.6 Å². The molecule has 2 fully saturated rings. The molecule has 4 aliphatic heterocycles. The third-order valence-corrected chi connectivity index (χ3v) is 21.8. The summed E-state index contributed by atoms with van der Waals surface area (Å²) in [7, 11) is 1.62. The number of benzene rings is 2. The van der Waals surface area contributed by atoms with Gasteiger partial charge in [-0.3, -0.25) is 38.5 Å². The second-order valence-corrected chi connectivity index (χ2v) is 30.3. The van der Waals surface area contributed by atoms with E-state index in [1.54, 1.807) is 27.2 Å². The number of hydrogen-bond acceptors (Lipinski definition) is 32. The zero-order valence-corrected chi connectivity index (χ0v) is 70.6. The van der Waals surface area contributed by atoms with Crippen LogP contribution in [0.5, 0.6) is 5.75 Å². The molecule has 2 aromatic heterocycles. The minimum absolute atomic E-state index is 0.0133. The quantitative estimate of drug-likeness (QED) is 0.0146. The molecule has 123 heavy (non-hydrogen) atoms. The van der Waals surface area contributed by atoms with Gasteiger partial charge in [0.25, 0.3) is 5.56 Å². The Hall–Kier alpha value is -8.57. The van der Waals surface area contributed by atoms with Crippen molar-refractivity contribution < 1.29 is 149 Å². The number of methoxy groups -OCH3 is 1. The Labute approximate surface area is 714 Å². The van der Waals surface area contributed by atoms with Gasteiger partial charge in [-0.05, 0) is 85.7 Å². The van der Waals surface area contributed by atoms with Crippen LogP contribution in [0.1, 0.15) is 115 Å². The minimum atomic E-state index is -2.12. The molecule has 41 heteroatoms. The number of aliphatic carboxylic acids is 1. The smallest absolute Gasteiger partial charge is 0.407 e. The molecule has 5 aliphatic rings. The third kappa shape index (κ3) is 28.7. The number of aromatic nitrogens is 2. The second kappa shape index (κ2) is 51.1. The van der Waals surface area contributed by atoms with E-state index in [1.807, 2.05) is 0 Å². The predicted octanol–water partition coefficient (Wildman–Crippen LogP) is 0.705. The van der Waals surface area contributed by atoms with Gasteiger partial charge in [0.15, 0.2) is 11.7 Å². The molecule has 6 heterocycles. The van der Waals surface area contributed by atoms with E-state index in [-0.39, 0.29) is 155 Å². The highest BCUT2D eigenvalue weighted by Gasteiger charge is 2.49. The van der Waals surface area contributed by atoms with Gasteiger partial charge in [-0.25, -0.2) is 23.8 Å². The van der Waals surface area contributed by atoms with Gasteiger partial charge >= 0.3 is 18.0 Å². The van der Waals surface area contributed by atoms with Gasteiger partial charge in [0.05, 0.1) is 192 Å². The maximum absolute atomic E-state index is 15.7. The molecule has 10 N–H and O–H groups in total. The van der Waals surface area contributed by atoms with Crippen molar-refractivity contribution in [3.63, 3.8) is 0 Å². The van der Waals surface area contributed by atoms with E-state index >= 15 is 4.39 Å². The number of halogens is 1. The molecule has 0 saturated carbocycles. The number of aryl methyl sites for hydroxylation is 1. The number of fused-ring (bicyclic) bond motifs is 5. The number of carbonyl (C=O) groups excluding carboxylic acids is 8. The van der Waals surface area contributed by atoms with Crippen molar-refractivity contribution >= 4 is 76.1 Å². The molecule has 4 aromatic rings. The van der Waals surface area contributed by atoms with Gasteiger partial charge in [-0.15, -0.1) is 0 Å². The van der Waals surface area contributed by atoms with E-state index in [0.717, 1.165) is 0 Å². The molecule has 0 bridgehead atoms. The number of rotatable bonds is 59. The molecule has 0 radical (unpaired) electrons. The molecule has 9 atom stereocenters. The fourth-order valence-corrected chi connectivity index (χ4v) is 14.8. The maximum atomic E-state index is 15.7. The number of esters is 1. The van der Waals surface area contributed by atoms with Crippen molar-refractivity contribution in [1.29, 1.82) is 0 Å². The van der Waals surface area contributed by atoms with Crippen molar-refractivity contribution in [2.24, 2.45) is 0 Å². The minimum Gasteiger partial charge on any atom is -0.479 e. The zero-order chi connectivity index (χ0) is 88.2. The van der Waals surface area contributed by atoms with E-state index in [9.17, 15) is 73.5 Å². The number of pyridine rings is 2. The molecule has 7 amide bonds. The summed E-state index contributed by atoms with van der Waals surface area (Å²) >= 11 is 1.30. The Kier molecular flexibility index (Phi) is 40.8. The number of aliphatic hydroxyl groups excluding tert-OH is 3. The Balaban J connectivity index is 0.701. The SMILES string of the molecule is CC[C@@]1(O)C(=O)OCc2c1cc1n(c2=O)Cc2c-1nc1cc(F)c(C)c3c1c2[C@@H](NC(=O)OCc1ccc(O[C@@H]2O[C@H](C(=O)O)[C@@H](O)[C@H](O)[C@H]2O)c(CNC(=O)CCNC(=O)[C@H](CNC(=O)CCOCCOCCOCCOCCOCCOCCOCCOCCOCCOCCOCCOC)NC(=O)CCCCCN2C(=O)CC(SC)C2=O)c1)CC3. The van der Waals surface area contributed by atoms with Crippen LogP contribution >= 0.6 is 11.8 Å². The zero-order valence-electron chi connectivity index (χ0n) is 69.8. The number of aliphatic hydroxyl groups is 4. The van der Waals surface area contributed by atoms with Crippen LogP contribution in [0.25, 0.3) is 22.3 Å². The summed E-state index contributed by atoms with van der Waals surface area (Å²) in [6, 6.07) is 4.88. The number of unbranched alkanes of at least 4 members (excludes halogenated alkanes) is 2. The first-order chi connectivity index (χ1) is 59.5. The van der Waals surface area contributed by atoms with E-state index in [0.29, 0.717) is 184 Å². The number of hydrogen-bond donors (Lipinski definition) is 10. The highest BCUT2D eigenvalue weighted by Crippen LogP contribution is 2.46. The summed E-state index contributed by atoms with van der Waals surface area (Å²) in [5.74, 6) is -6.27. The molecule has 682 valence electrons. The van der Waals surface area contributed by atoms with Crippen LogP contribution in [0.4, 0.5) is 9.18 Å². The first-order valence-corrected chi connectivity index (χ1v) is 42.5. The number of carbonyl (C=O) groups is 9. The molecule has 1 aliphatic carbocycles. The lowest BCUT2D eigenvalue weighted by Gasteiger charge is -2.38. The Bertz CT molecular complexity index is 4240. The van der Waals surface area contributed by atoms with Crippen molar-refractivity contribution in [2.75, 3.05) is 185 Å². The van der Waals surface area contributed by atoms with Gasteiger partial charge in [0, 0.05) is 87.1 Å². The number of thioether (sulfide) groups is 1. The van der Waals surface area contributed by atoms with Crippen molar-refractivity contribution in [3.8, 4) is 17.1 Å². The lowest BCUT2D eigenvalue weighted by molar-refractivity contribution is -0.271. The van der Waals surface area contributed by atoms with Crippen LogP contribution in [0.2, 0.25) is 0 Å². The Morgan fingerprint density at radius 2 is 1.27 bits per heavy atom. The Morgan fingerprint density at radius 1 is 0.683 bits per heavy atom. The predicted molar refractivity (Wildman–Crippen MR) is 432 cm³/mol. The number of likely N-dealkylation sites (tertiary alicyclic amines) is 1. The number of nitrogens with one attached hydrogen (secondary N) is 5. The summed E-state index contributed by atoms with van der Waals surface area (Å²) in [5.41, 5.74) is 0.823. The molecular weight excluding hydrogens is 1640 g/mol. The molecule has 9 rings (SSSR count). The molecule has 2 aromatic carbocycles. The fourth-order valence-electron chi connectivity index (χ4n) is 14.2. The van der Waals surface area contributed by atoms with Crippen LogP contribution in [-0.2, 0) is 148 Å². The summed E-state index contributed by atoms with van der Waals surface area (Å²) < 4.78 is 105. The highest BCUT2D eigenvalue weighted by atomic mass is 32.2. The number of amides is 7. The lowest BCUT2D eigenvalue weighted by atomic mass is 9.81. The monoisotopic (exact) mass is 1760 g/mol. The standard InChI is InChI=1S/C82H115FN8O31S/c1-5-82(106)56-42-61-70-54(47-91(61)76(100)55(56)49-119-80(82)104)69-58(12-11-53-50(2)57(83)43-59(88-70)68(53)69)89-81(105)120-48-51-10-13-62(121-79-73(98)71(96)72(97)74(122-79)78(102)103)52(41-51)45-85-64(92)14-16-84-75(99)60(87-66(94)9-7-6-8-17-90-67(95)44-63(123-4)77(90)101)46-86-65(93)15-18-108-21-22-110-25-26-112-29-30-114-33-34-116-37-38-118-40-39-117-36-35-115-32-31-113-28-27-111-24-23-109-20-19-107-3/h10,13,41-43,58,60,63,71-74,79,96-98,106H,5-9,11-12,14-40,44-49H2,1-4H3,(H,84,99)(H,85,92)(H,86,93)(H,87,94)(H,89,105)(H,102,103)/t58-,60-,63?,71-,72-,73+,74-,79+,82-/m0/s1. The number of imide groups is 1. The maximum Gasteiger partial charge on any atom is 0.407 e. The molecular formula is C82H115FN8O31S. The Morgan fingerprint density at radius 3 is 1.84 bits per heavy atom. The van der Waals surface area contributed by atoms with E-state index < -0.39 is 113 Å². The van der Waals surface area contributed by atoms with Gasteiger partial charge in [0.2, 0.25) is 41.7 Å². The number of carboxylic acid groups (broad SMARTS) is 1. The summed E-state index contributed by atoms with van der Waals surface area (Å²) in [5, 5.41) is 67.0. The first-order valence-electron chi connectivity index (χ1n) is 41.3. The van der Waals surface area contributed by atoms with Gasteiger partial charge in [-0.2, -0.15) is 11.8 Å². The van der Waals surface area contributed by atoms with Gasteiger partial charge in [-0.1, -0.05) is 19.4 Å². The van der Waals surface area contributed by atoms with Crippen molar-refractivity contribution in [3.05, 3.63) is 91.0 Å². The summed E-state index contributed by atoms with van der Waals surface area (Å²) in [4.78, 5) is 139. The topological polar surface area (TPSA) is 501 Å².